The standard InChI is InChI=1S/C44H53N5O5/c1-7-23-15-25-20-44(43(51)54-6)40-27(13-14-49(41(23)44)36(25)21-45)29-17-30(37(52-4)19-34(29)47-40)31-16-28-24(8-2)22-48(3)35(38(28)42(50)53-5)18-32-26-11-9-10-12-33(26)46-39(31)32/h9-12,17,19,23-25,28,31,35-36,38,41,46-47H,7-8,13-16,18,20,22H2,1-6H3. The average molecular weight is 732 g/mol. The topological polar surface area (TPSA) is 124 Å². The van der Waals surface area contributed by atoms with Crippen molar-refractivity contribution in [3.63, 3.8) is 0 Å². The fourth-order valence-electron chi connectivity index (χ4n) is 12.6. The number of ether oxygens (including phenoxy) is 3. The van der Waals surface area contributed by atoms with Gasteiger partial charge in [0, 0.05) is 75.9 Å². The summed E-state index contributed by atoms with van der Waals surface area (Å²) in [6.45, 7) is 6.10. The molecule has 54 heavy (non-hydrogen) atoms. The van der Waals surface area contributed by atoms with E-state index >= 15 is 0 Å². The van der Waals surface area contributed by atoms with Gasteiger partial charge in [0.1, 0.15) is 17.2 Å². The second kappa shape index (κ2) is 13.2. The SMILES string of the molecule is CCC1CN(C)C2Cc3c([nH]c4ccccc34)C(c3cc4c5c([nH]c4cc3OC)C3(C(=O)OC)CC4CC(CC)C3N(CC5)C4C#N)CC1C2C(=O)OC. The van der Waals surface area contributed by atoms with E-state index in [1.54, 1.807) is 7.11 Å². The van der Waals surface area contributed by atoms with Crippen LogP contribution in [0.2, 0.25) is 0 Å². The molecule has 0 radical (unpaired) electrons. The summed E-state index contributed by atoms with van der Waals surface area (Å²) < 4.78 is 17.6. The minimum Gasteiger partial charge on any atom is -0.496 e. The molecule has 2 N–H and O–H groups in total. The smallest absolute Gasteiger partial charge is 0.319 e. The maximum Gasteiger partial charge on any atom is 0.319 e. The number of methoxy groups -OCH3 is 3. The van der Waals surface area contributed by atoms with Crippen LogP contribution in [-0.4, -0.2) is 91.3 Å². The van der Waals surface area contributed by atoms with E-state index in [-0.39, 0.29) is 59.7 Å². The minimum absolute atomic E-state index is 0.0253. The monoisotopic (exact) mass is 731 g/mol. The lowest BCUT2D eigenvalue weighted by Crippen LogP contribution is -2.70. The first-order valence-corrected chi connectivity index (χ1v) is 20.1. The van der Waals surface area contributed by atoms with Crippen LogP contribution in [0.1, 0.15) is 79.9 Å². The van der Waals surface area contributed by atoms with Gasteiger partial charge in [0.25, 0.3) is 0 Å². The van der Waals surface area contributed by atoms with Gasteiger partial charge in [-0.05, 0) is 86.1 Å². The van der Waals surface area contributed by atoms with Crippen molar-refractivity contribution >= 4 is 33.7 Å². The number of carbonyl (C=O) groups excluding carboxylic acids is 2. The zero-order valence-corrected chi connectivity index (χ0v) is 32.4. The number of nitrogens with one attached hydrogen (secondary N) is 2. The normalized spacial score (nSPS) is 34.2. The molecular formula is C44H53N5O5. The van der Waals surface area contributed by atoms with Crippen LogP contribution >= 0.6 is 0 Å². The molecule has 6 bridgehead atoms. The molecule has 11 unspecified atom stereocenters. The van der Waals surface area contributed by atoms with Crippen LogP contribution in [-0.2, 0) is 37.3 Å². The van der Waals surface area contributed by atoms with Crippen LogP contribution in [0.4, 0.5) is 0 Å². The number of H-pyrrole nitrogens is 2. The van der Waals surface area contributed by atoms with E-state index in [1.807, 2.05) is 0 Å². The van der Waals surface area contributed by atoms with Crippen molar-refractivity contribution in [1.82, 2.24) is 19.8 Å². The summed E-state index contributed by atoms with van der Waals surface area (Å²) in [6.07, 6.45) is 5.70. The molecule has 1 saturated carbocycles. The molecule has 0 spiro atoms. The molecule has 4 aliphatic heterocycles. The number of hydrogen-bond acceptors (Lipinski definition) is 8. The lowest BCUT2D eigenvalue weighted by Gasteiger charge is -2.59. The number of nitriles is 1. The van der Waals surface area contributed by atoms with Crippen LogP contribution in [0, 0.1) is 40.9 Å². The number of benzene rings is 2. The van der Waals surface area contributed by atoms with Gasteiger partial charge in [-0.1, -0.05) is 44.9 Å². The van der Waals surface area contributed by atoms with Crippen molar-refractivity contribution in [3.05, 3.63) is 64.5 Å². The Morgan fingerprint density at radius 2 is 1.78 bits per heavy atom. The fourth-order valence-corrected chi connectivity index (χ4v) is 12.6. The Balaban J connectivity index is 1.27. The van der Waals surface area contributed by atoms with Gasteiger partial charge in [-0.25, -0.2) is 0 Å². The molecule has 3 saturated heterocycles. The second-order valence-corrected chi connectivity index (χ2v) is 16.9. The molecule has 2 aliphatic carbocycles. The number of rotatable bonds is 6. The maximum atomic E-state index is 14.3. The first-order valence-electron chi connectivity index (χ1n) is 20.1. The first kappa shape index (κ1) is 35.4. The third-order valence-corrected chi connectivity index (χ3v) is 14.9. The van der Waals surface area contributed by atoms with Crippen LogP contribution < -0.4 is 4.74 Å². The third-order valence-electron chi connectivity index (χ3n) is 14.9. The van der Waals surface area contributed by atoms with Gasteiger partial charge in [-0.2, -0.15) is 5.26 Å². The highest BCUT2D eigenvalue weighted by atomic mass is 16.5. The van der Waals surface area contributed by atoms with E-state index in [0.29, 0.717) is 18.9 Å². The van der Waals surface area contributed by atoms with Crippen LogP contribution in [0.25, 0.3) is 21.8 Å². The number of aromatic nitrogens is 2. The van der Waals surface area contributed by atoms with Gasteiger partial charge in [0.15, 0.2) is 0 Å². The quantitative estimate of drug-likeness (QED) is 0.217. The molecule has 6 aliphatic rings. The summed E-state index contributed by atoms with van der Waals surface area (Å²) in [4.78, 5) is 40.7. The molecule has 4 fully saturated rings. The van der Waals surface area contributed by atoms with Gasteiger partial charge in [-0.3, -0.25) is 14.5 Å². The Labute approximate surface area is 317 Å². The van der Waals surface area contributed by atoms with Gasteiger partial charge in [-0.15, -0.1) is 0 Å². The zero-order chi connectivity index (χ0) is 37.6. The number of nitrogens with zero attached hydrogens (tertiary/aromatic N) is 3. The molecule has 6 heterocycles. The highest BCUT2D eigenvalue weighted by Crippen LogP contribution is 2.58. The Bertz CT molecular complexity index is 2180. The molecule has 11 atom stereocenters. The molecule has 10 rings (SSSR count). The van der Waals surface area contributed by atoms with Gasteiger partial charge in [0.05, 0.1) is 33.3 Å². The largest absolute Gasteiger partial charge is 0.496 e. The summed E-state index contributed by atoms with van der Waals surface area (Å²) in [5.74, 6) is 0.923. The minimum atomic E-state index is -0.889. The Hall–Kier alpha value is -4.33. The van der Waals surface area contributed by atoms with E-state index in [0.717, 1.165) is 84.1 Å². The summed E-state index contributed by atoms with van der Waals surface area (Å²) >= 11 is 0. The lowest BCUT2D eigenvalue weighted by molar-refractivity contribution is -0.165. The fraction of sp³-hybridized carbons (Fsp3) is 0.568. The van der Waals surface area contributed by atoms with Crippen LogP contribution in [0.5, 0.6) is 5.75 Å². The van der Waals surface area contributed by atoms with Crippen molar-refractivity contribution < 1.29 is 23.8 Å². The van der Waals surface area contributed by atoms with E-state index in [4.69, 9.17) is 14.2 Å². The summed E-state index contributed by atoms with van der Waals surface area (Å²) in [5.41, 5.74) is 6.77. The Kier molecular flexibility index (Phi) is 8.62. The summed E-state index contributed by atoms with van der Waals surface area (Å²) in [7, 11) is 6.95. The van der Waals surface area contributed by atoms with Crippen molar-refractivity contribution in [2.75, 3.05) is 41.5 Å². The van der Waals surface area contributed by atoms with Crippen molar-refractivity contribution in [1.29, 1.82) is 5.26 Å². The third kappa shape index (κ3) is 4.83. The Morgan fingerprint density at radius 1 is 0.981 bits per heavy atom. The number of piperidine rings is 3. The molecule has 10 heteroatoms. The van der Waals surface area contributed by atoms with Crippen molar-refractivity contribution in [2.45, 2.75) is 88.3 Å². The number of likely N-dealkylation sites (N-methyl/N-ethyl adjacent to an activating group) is 1. The number of fused-ring (bicyclic) bond motifs is 9. The van der Waals surface area contributed by atoms with Gasteiger partial charge >= 0.3 is 11.9 Å². The molecular weight excluding hydrogens is 679 g/mol. The number of hydrogen-bond donors (Lipinski definition) is 2. The van der Waals surface area contributed by atoms with E-state index in [1.165, 1.54) is 30.9 Å². The molecule has 10 nitrogen and oxygen atoms in total. The lowest BCUT2D eigenvalue weighted by atomic mass is 9.54. The summed E-state index contributed by atoms with van der Waals surface area (Å²) in [6, 6.07) is 15.3. The predicted octanol–water partition coefficient (Wildman–Crippen LogP) is 6.46. The van der Waals surface area contributed by atoms with E-state index in [9.17, 15) is 14.9 Å². The second-order valence-electron chi connectivity index (χ2n) is 16.9. The maximum absolute atomic E-state index is 14.3. The number of esters is 2. The Morgan fingerprint density at radius 3 is 2.50 bits per heavy atom. The summed E-state index contributed by atoms with van der Waals surface area (Å²) in [5, 5.41) is 12.7. The van der Waals surface area contributed by atoms with Crippen molar-refractivity contribution in [2.24, 2.45) is 29.6 Å². The number of carbonyl (C=O) groups is 2. The van der Waals surface area contributed by atoms with E-state index in [2.05, 4.69) is 83.1 Å². The van der Waals surface area contributed by atoms with Gasteiger partial charge < -0.3 is 29.1 Å². The van der Waals surface area contributed by atoms with Crippen molar-refractivity contribution in [3.8, 4) is 11.8 Å². The predicted molar refractivity (Wildman–Crippen MR) is 206 cm³/mol. The highest BCUT2D eigenvalue weighted by molar-refractivity contribution is 5.93. The van der Waals surface area contributed by atoms with Crippen LogP contribution in [0.3, 0.4) is 0 Å². The van der Waals surface area contributed by atoms with Crippen LogP contribution in [0.15, 0.2) is 36.4 Å². The average Bonchev–Trinajstić information content (AvgIpc) is 3.71. The molecule has 284 valence electrons. The number of aromatic amines is 2. The molecule has 0 amide bonds. The number of likely N-dealkylation sites (tertiary alicyclic amines) is 1. The molecule has 2 aromatic heterocycles. The highest BCUT2D eigenvalue weighted by Gasteiger charge is 2.65. The van der Waals surface area contributed by atoms with Gasteiger partial charge in [0.2, 0.25) is 0 Å². The molecule has 2 aromatic carbocycles. The molecule has 4 aromatic rings. The zero-order valence-electron chi connectivity index (χ0n) is 32.4. The first-order chi connectivity index (χ1) is 26.2. The number of para-hydroxylation sites is 1. The van der Waals surface area contributed by atoms with E-state index < -0.39 is 5.41 Å².